The van der Waals surface area contributed by atoms with Crippen LogP contribution in [-0.2, 0) is 11.2 Å². The maximum atomic E-state index is 12.6. The van der Waals surface area contributed by atoms with Gasteiger partial charge in [-0.2, -0.15) is 0 Å². The van der Waals surface area contributed by atoms with Crippen LogP contribution < -0.4 is 4.90 Å². The maximum Gasteiger partial charge on any atom is 0.223 e. The Morgan fingerprint density at radius 1 is 1.00 bits per heavy atom. The number of hydrogen-bond donors (Lipinski definition) is 0. The van der Waals surface area contributed by atoms with Gasteiger partial charge in [0.1, 0.15) is 0 Å². The van der Waals surface area contributed by atoms with Crippen molar-refractivity contribution in [2.24, 2.45) is 0 Å². The molecule has 6 heteroatoms. The molecule has 2 heterocycles. The number of nitrogens with zero attached hydrogens (tertiary/aromatic N) is 3. The van der Waals surface area contributed by atoms with Crippen LogP contribution in [0.3, 0.4) is 0 Å². The number of thiazole rings is 1. The molecule has 0 atom stereocenters. The molecule has 1 amide bonds. The first kappa shape index (κ1) is 20.5. The molecule has 1 aromatic heterocycles. The molecule has 3 aromatic rings. The van der Waals surface area contributed by atoms with Crippen LogP contribution in [0, 0.1) is 6.92 Å². The Hall–Kier alpha value is -2.73. The number of aryl methyl sites for hydroxylation is 2. The summed E-state index contributed by atoms with van der Waals surface area (Å²) in [4.78, 5) is 33.8. The van der Waals surface area contributed by atoms with Crippen molar-refractivity contribution in [3.05, 3.63) is 59.2 Å². The number of anilines is 1. The monoisotopic (exact) mass is 421 g/mol. The first-order chi connectivity index (χ1) is 14.5. The molecule has 30 heavy (non-hydrogen) atoms. The number of piperazine rings is 1. The van der Waals surface area contributed by atoms with Crippen LogP contribution in [0.2, 0.25) is 0 Å². The molecule has 156 valence electrons. The zero-order valence-corrected chi connectivity index (χ0v) is 18.4. The summed E-state index contributed by atoms with van der Waals surface area (Å²) in [6.07, 6.45) is 1.56. The van der Waals surface area contributed by atoms with Gasteiger partial charge in [0.25, 0.3) is 0 Å². The highest BCUT2D eigenvalue weighted by molar-refractivity contribution is 7.22. The summed E-state index contributed by atoms with van der Waals surface area (Å²) in [6, 6.07) is 14.0. The van der Waals surface area contributed by atoms with Crippen LogP contribution in [-0.4, -0.2) is 47.8 Å². The summed E-state index contributed by atoms with van der Waals surface area (Å²) in [6.45, 7) is 7.06. The number of aromatic nitrogens is 1. The lowest BCUT2D eigenvalue weighted by atomic mass is 10.0. The number of Topliss-reactive ketones (excluding diaryl/α,β-unsaturated/α-hetero) is 1. The molecule has 4 rings (SSSR count). The van der Waals surface area contributed by atoms with Gasteiger partial charge in [-0.1, -0.05) is 54.2 Å². The molecule has 0 saturated carbocycles. The second-order valence-corrected chi connectivity index (χ2v) is 8.82. The molecule has 0 unspecified atom stereocenters. The van der Waals surface area contributed by atoms with E-state index in [1.807, 2.05) is 36.1 Å². The van der Waals surface area contributed by atoms with Crippen molar-refractivity contribution in [1.29, 1.82) is 0 Å². The van der Waals surface area contributed by atoms with E-state index in [0.717, 1.165) is 35.7 Å². The van der Waals surface area contributed by atoms with Crippen molar-refractivity contribution < 1.29 is 9.59 Å². The molecule has 5 nitrogen and oxygen atoms in total. The van der Waals surface area contributed by atoms with Gasteiger partial charge in [0.2, 0.25) is 5.91 Å². The van der Waals surface area contributed by atoms with Gasteiger partial charge in [-0.05, 0) is 31.0 Å². The van der Waals surface area contributed by atoms with Crippen LogP contribution in [0.25, 0.3) is 10.2 Å². The Balaban J connectivity index is 1.30. The van der Waals surface area contributed by atoms with Gasteiger partial charge in [-0.3, -0.25) is 9.59 Å². The standard InChI is InChI=1S/C24H27N3O2S/c1-3-18-6-9-20-22(16-18)30-24(25-20)27-14-12-26(13-15-27)23(29)11-10-21(28)19-7-4-17(2)5-8-19/h4-9,16H,3,10-15H2,1-2H3. The van der Waals surface area contributed by atoms with E-state index in [4.69, 9.17) is 4.98 Å². The van der Waals surface area contributed by atoms with Gasteiger partial charge in [0.15, 0.2) is 10.9 Å². The number of rotatable bonds is 6. The third-order valence-corrected chi connectivity index (χ3v) is 6.77. The van der Waals surface area contributed by atoms with Crippen LogP contribution in [0.15, 0.2) is 42.5 Å². The molecule has 0 aliphatic carbocycles. The Morgan fingerprint density at radius 3 is 2.43 bits per heavy atom. The van der Waals surface area contributed by atoms with Crippen molar-refractivity contribution in [1.82, 2.24) is 9.88 Å². The number of carbonyl (C=O) groups is 2. The van der Waals surface area contributed by atoms with Crippen LogP contribution in [0.4, 0.5) is 5.13 Å². The number of carbonyl (C=O) groups excluding carboxylic acids is 2. The van der Waals surface area contributed by atoms with Crippen LogP contribution in [0.1, 0.15) is 41.3 Å². The van der Waals surface area contributed by atoms with E-state index in [-0.39, 0.29) is 24.5 Å². The Morgan fingerprint density at radius 2 is 1.73 bits per heavy atom. The molecule has 0 radical (unpaired) electrons. The average molecular weight is 422 g/mol. The fourth-order valence-electron chi connectivity index (χ4n) is 3.72. The van der Waals surface area contributed by atoms with E-state index in [9.17, 15) is 9.59 Å². The lowest BCUT2D eigenvalue weighted by Gasteiger charge is -2.34. The highest BCUT2D eigenvalue weighted by atomic mass is 32.1. The number of benzene rings is 2. The average Bonchev–Trinajstić information content (AvgIpc) is 3.21. The molecule has 2 aromatic carbocycles. The quantitative estimate of drug-likeness (QED) is 0.551. The SMILES string of the molecule is CCc1ccc2nc(N3CCN(C(=O)CCC(=O)c4ccc(C)cc4)CC3)sc2c1. The number of hydrogen-bond acceptors (Lipinski definition) is 5. The lowest BCUT2D eigenvalue weighted by molar-refractivity contribution is -0.131. The third kappa shape index (κ3) is 4.54. The fraction of sp³-hybridized carbons (Fsp3) is 0.375. The summed E-state index contributed by atoms with van der Waals surface area (Å²) in [5, 5.41) is 1.03. The summed E-state index contributed by atoms with van der Waals surface area (Å²) in [7, 11) is 0. The van der Waals surface area contributed by atoms with Gasteiger partial charge < -0.3 is 9.80 Å². The highest BCUT2D eigenvalue weighted by Gasteiger charge is 2.23. The van der Waals surface area contributed by atoms with Gasteiger partial charge in [0, 0.05) is 44.6 Å². The molecular formula is C24H27N3O2S. The van der Waals surface area contributed by atoms with E-state index in [1.54, 1.807) is 11.3 Å². The molecule has 1 aliphatic heterocycles. The Bertz CT molecular complexity index is 1050. The Kier molecular flexibility index (Phi) is 6.13. The highest BCUT2D eigenvalue weighted by Crippen LogP contribution is 2.30. The van der Waals surface area contributed by atoms with Crippen LogP contribution in [0.5, 0.6) is 0 Å². The predicted molar refractivity (Wildman–Crippen MR) is 123 cm³/mol. The van der Waals surface area contributed by atoms with Crippen molar-refractivity contribution in [3.63, 3.8) is 0 Å². The number of amides is 1. The summed E-state index contributed by atoms with van der Waals surface area (Å²) < 4.78 is 1.22. The predicted octanol–water partition coefficient (Wildman–Crippen LogP) is 4.48. The van der Waals surface area contributed by atoms with Gasteiger partial charge in [-0.25, -0.2) is 4.98 Å². The molecular weight excluding hydrogens is 394 g/mol. The van der Waals surface area contributed by atoms with E-state index < -0.39 is 0 Å². The summed E-state index contributed by atoms with van der Waals surface area (Å²) in [5.41, 5.74) is 4.17. The van der Waals surface area contributed by atoms with E-state index in [0.29, 0.717) is 18.7 Å². The normalized spacial score (nSPS) is 14.3. The number of fused-ring (bicyclic) bond motifs is 1. The molecule has 0 N–H and O–H groups in total. The van der Waals surface area contributed by atoms with Crippen molar-refractivity contribution in [3.8, 4) is 0 Å². The summed E-state index contributed by atoms with van der Waals surface area (Å²) in [5.74, 6) is 0.0925. The Labute approximate surface area is 181 Å². The molecule has 1 saturated heterocycles. The molecule has 0 bridgehead atoms. The van der Waals surface area contributed by atoms with Gasteiger partial charge in [0.05, 0.1) is 10.2 Å². The lowest BCUT2D eigenvalue weighted by Crippen LogP contribution is -2.48. The minimum atomic E-state index is 0.0305. The van der Waals surface area contributed by atoms with Crippen molar-refractivity contribution in [2.45, 2.75) is 33.1 Å². The minimum absolute atomic E-state index is 0.0305. The van der Waals surface area contributed by atoms with Crippen molar-refractivity contribution >= 4 is 38.4 Å². The second kappa shape index (κ2) is 8.96. The first-order valence-corrected chi connectivity index (χ1v) is 11.4. The second-order valence-electron chi connectivity index (χ2n) is 7.81. The molecule has 1 aliphatic rings. The first-order valence-electron chi connectivity index (χ1n) is 10.6. The largest absolute Gasteiger partial charge is 0.345 e. The van der Waals surface area contributed by atoms with Gasteiger partial charge >= 0.3 is 0 Å². The maximum absolute atomic E-state index is 12.6. The zero-order valence-electron chi connectivity index (χ0n) is 17.6. The minimum Gasteiger partial charge on any atom is -0.345 e. The van der Waals surface area contributed by atoms with Crippen LogP contribution >= 0.6 is 11.3 Å². The topological polar surface area (TPSA) is 53.5 Å². The van der Waals surface area contributed by atoms with Gasteiger partial charge in [-0.15, -0.1) is 0 Å². The van der Waals surface area contributed by atoms with E-state index in [1.165, 1.54) is 10.3 Å². The third-order valence-electron chi connectivity index (χ3n) is 5.69. The smallest absolute Gasteiger partial charge is 0.223 e. The molecule has 0 spiro atoms. The molecule has 1 fully saturated rings. The van der Waals surface area contributed by atoms with Crippen molar-refractivity contribution in [2.75, 3.05) is 31.1 Å². The fourth-order valence-corrected chi connectivity index (χ4v) is 4.80. The van der Waals surface area contributed by atoms with E-state index >= 15 is 0 Å². The van der Waals surface area contributed by atoms with E-state index in [2.05, 4.69) is 30.0 Å². The zero-order chi connectivity index (χ0) is 21.1. The number of ketones is 1. The summed E-state index contributed by atoms with van der Waals surface area (Å²) >= 11 is 1.72.